The number of fused-ring (bicyclic) bond motifs is 2. The van der Waals surface area contributed by atoms with Gasteiger partial charge in [-0.05, 0) is 37.1 Å². The number of nitrogens with zero attached hydrogens (tertiary/aromatic N) is 3. The summed E-state index contributed by atoms with van der Waals surface area (Å²) in [5, 5.41) is 0.511. The number of pyridine rings is 1. The van der Waals surface area contributed by atoms with E-state index < -0.39 is 0 Å². The molecule has 0 saturated carbocycles. The molecule has 3 heterocycles. The second kappa shape index (κ2) is 6.25. The van der Waals surface area contributed by atoms with Crippen LogP contribution in [0.2, 0.25) is 0 Å². The average Bonchev–Trinajstić information content (AvgIpc) is 2.67. The van der Waals surface area contributed by atoms with Crippen LogP contribution in [0, 0.1) is 5.92 Å². The highest BCUT2D eigenvalue weighted by atomic mass is 16.2. The van der Waals surface area contributed by atoms with Crippen LogP contribution in [0.15, 0.2) is 47.4 Å². The molecule has 0 bridgehead atoms. The van der Waals surface area contributed by atoms with Crippen LogP contribution in [-0.4, -0.2) is 39.2 Å². The van der Waals surface area contributed by atoms with E-state index in [0.29, 0.717) is 48.0 Å². The fourth-order valence-corrected chi connectivity index (χ4v) is 3.43. The minimum Gasteiger partial charge on any atom is -0.369 e. The second-order valence-electron chi connectivity index (χ2n) is 6.55. The maximum atomic E-state index is 12.8. The molecule has 1 saturated heterocycles. The third-order valence-corrected chi connectivity index (χ3v) is 4.95. The smallest absolute Gasteiger partial charge is 0.265 e. The van der Waals surface area contributed by atoms with Crippen molar-refractivity contribution in [1.29, 1.82) is 0 Å². The van der Waals surface area contributed by atoms with Gasteiger partial charge in [0, 0.05) is 25.2 Å². The van der Waals surface area contributed by atoms with E-state index in [1.807, 2.05) is 6.07 Å². The van der Waals surface area contributed by atoms with Crippen LogP contribution in [0.4, 0.5) is 0 Å². The Balaban J connectivity index is 1.68. The topological polar surface area (TPSA) is 97.8 Å². The summed E-state index contributed by atoms with van der Waals surface area (Å²) in [7, 11) is 0. The number of carbonyl (C=O) groups is 2. The number of benzene rings is 1. The van der Waals surface area contributed by atoms with Crippen molar-refractivity contribution in [2.75, 3.05) is 13.1 Å². The van der Waals surface area contributed by atoms with Gasteiger partial charge in [0.2, 0.25) is 5.91 Å². The molecular weight excluding hydrogens is 332 g/mol. The quantitative estimate of drug-likeness (QED) is 0.702. The summed E-state index contributed by atoms with van der Waals surface area (Å²) >= 11 is 0. The number of primary amides is 1. The Bertz CT molecular complexity index is 1080. The van der Waals surface area contributed by atoms with E-state index in [9.17, 15) is 14.4 Å². The third kappa shape index (κ3) is 2.71. The molecule has 26 heavy (non-hydrogen) atoms. The molecule has 1 aromatic carbocycles. The zero-order chi connectivity index (χ0) is 18.3. The molecule has 7 heteroatoms. The van der Waals surface area contributed by atoms with Crippen LogP contribution in [0.3, 0.4) is 0 Å². The number of carbonyl (C=O) groups excluding carboxylic acids is 2. The van der Waals surface area contributed by atoms with Crippen LogP contribution in [-0.2, 0) is 4.79 Å². The number of hydrogen-bond donors (Lipinski definition) is 1. The van der Waals surface area contributed by atoms with Crippen LogP contribution in [0.25, 0.3) is 16.6 Å². The second-order valence-corrected chi connectivity index (χ2v) is 6.55. The van der Waals surface area contributed by atoms with Gasteiger partial charge >= 0.3 is 0 Å². The van der Waals surface area contributed by atoms with Crippen molar-refractivity contribution < 1.29 is 9.59 Å². The van der Waals surface area contributed by atoms with Crippen LogP contribution < -0.4 is 11.3 Å². The van der Waals surface area contributed by atoms with Gasteiger partial charge in [-0.25, -0.2) is 4.98 Å². The minimum atomic E-state index is -0.313. The predicted molar refractivity (Wildman–Crippen MR) is 96.8 cm³/mol. The largest absolute Gasteiger partial charge is 0.369 e. The van der Waals surface area contributed by atoms with Gasteiger partial charge in [-0.1, -0.05) is 12.1 Å². The number of amides is 2. The van der Waals surface area contributed by atoms with Gasteiger partial charge in [0.15, 0.2) is 0 Å². The Kier molecular flexibility index (Phi) is 3.91. The fourth-order valence-electron chi connectivity index (χ4n) is 3.43. The summed E-state index contributed by atoms with van der Waals surface area (Å²) in [4.78, 5) is 42.9. The van der Waals surface area contributed by atoms with Crippen molar-refractivity contribution in [2.24, 2.45) is 11.7 Å². The summed E-state index contributed by atoms with van der Waals surface area (Å²) < 4.78 is 1.41. The summed E-state index contributed by atoms with van der Waals surface area (Å²) in [6.45, 7) is 0.963. The molecule has 0 atom stereocenters. The van der Waals surface area contributed by atoms with Crippen LogP contribution >= 0.6 is 0 Å². The number of piperidine rings is 1. The van der Waals surface area contributed by atoms with Crippen molar-refractivity contribution >= 4 is 28.4 Å². The number of para-hydroxylation sites is 1. The van der Waals surface area contributed by atoms with Gasteiger partial charge < -0.3 is 10.6 Å². The van der Waals surface area contributed by atoms with Crippen molar-refractivity contribution in [3.05, 3.63) is 58.5 Å². The molecule has 7 nitrogen and oxygen atoms in total. The monoisotopic (exact) mass is 350 g/mol. The van der Waals surface area contributed by atoms with Gasteiger partial charge in [-0.2, -0.15) is 0 Å². The zero-order valence-electron chi connectivity index (χ0n) is 14.1. The minimum absolute atomic E-state index is 0.158. The SMILES string of the molecule is NC(=O)C1CCN(C(=O)c2ccc3nc4ccccc4c(=O)n3c2)CC1. The van der Waals surface area contributed by atoms with Gasteiger partial charge in [-0.15, -0.1) is 0 Å². The number of hydrogen-bond acceptors (Lipinski definition) is 4. The molecule has 0 spiro atoms. The highest BCUT2D eigenvalue weighted by Gasteiger charge is 2.26. The standard InChI is InChI=1S/C19H18N4O3/c20-17(24)12-7-9-22(10-8-12)18(25)13-5-6-16-21-15-4-2-1-3-14(15)19(26)23(16)11-13/h1-6,11-12H,7-10H2,(H2,20,24). The molecular formula is C19H18N4O3. The Labute approximate surface area is 149 Å². The molecule has 0 radical (unpaired) electrons. The molecule has 1 aliphatic heterocycles. The maximum absolute atomic E-state index is 12.8. The fraction of sp³-hybridized carbons (Fsp3) is 0.263. The number of aromatic nitrogens is 2. The van der Waals surface area contributed by atoms with Crippen molar-refractivity contribution in [3.8, 4) is 0 Å². The lowest BCUT2D eigenvalue weighted by Gasteiger charge is -2.30. The molecule has 1 fully saturated rings. The summed E-state index contributed by atoms with van der Waals surface area (Å²) in [6, 6.07) is 10.5. The van der Waals surface area contributed by atoms with E-state index >= 15 is 0 Å². The summed E-state index contributed by atoms with van der Waals surface area (Å²) in [5.74, 6) is -0.643. The Morgan fingerprint density at radius 1 is 1.08 bits per heavy atom. The van der Waals surface area contributed by atoms with Crippen LogP contribution in [0.5, 0.6) is 0 Å². The van der Waals surface area contributed by atoms with E-state index in [1.54, 1.807) is 41.4 Å². The molecule has 4 rings (SSSR count). The van der Waals surface area contributed by atoms with Gasteiger partial charge in [-0.3, -0.25) is 18.8 Å². The van der Waals surface area contributed by atoms with Gasteiger partial charge in [0.1, 0.15) is 5.65 Å². The average molecular weight is 350 g/mol. The van der Waals surface area contributed by atoms with E-state index in [2.05, 4.69) is 4.98 Å². The molecule has 0 aliphatic carbocycles. The molecule has 1 aliphatic rings. The molecule has 132 valence electrons. The first-order valence-corrected chi connectivity index (χ1v) is 8.54. The first-order chi connectivity index (χ1) is 12.5. The molecule has 3 aromatic rings. The van der Waals surface area contributed by atoms with E-state index in [-0.39, 0.29) is 23.3 Å². The lowest BCUT2D eigenvalue weighted by molar-refractivity contribution is -0.123. The van der Waals surface area contributed by atoms with Gasteiger partial charge in [0.25, 0.3) is 11.5 Å². The maximum Gasteiger partial charge on any atom is 0.265 e. The first-order valence-electron chi connectivity index (χ1n) is 8.54. The van der Waals surface area contributed by atoms with Crippen molar-refractivity contribution in [3.63, 3.8) is 0 Å². The van der Waals surface area contributed by atoms with E-state index in [4.69, 9.17) is 5.73 Å². The van der Waals surface area contributed by atoms with Crippen LogP contribution in [0.1, 0.15) is 23.2 Å². The molecule has 0 unspecified atom stereocenters. The Morgan fingerprint density at radius 3 is 2.54 bits per heavy atom. The third-order valence-electron chi connectivity index (χ3n) is 4.95. The van der Waals surface area contributed by atoms with Crippen molar-refractivity contribution in [1.82, 2.24) is 14.3 Å². The predicted octanol–water partition coefficient (Wildman–Crippen LogP) is 1.19. The Morgan fingerprint density at radius 2 is 1.81 bits per heavy atom. The zero-order valence-corrected chi connectivity index (χ0v) is 14.1. The molecule has 2 amide bonds. The molecule has 2 N–H and O–H groups in total. The van der Waals surface area contributed by atoms with Gasteiger partial charge in [0.05, 0.1) is 16.5 Å². The number of rotatable bonds is 2. The summed E-state index contributed by atoms with van der Waals surface area (Å²) in [6.07, 6.45) is 2.68. The highest BCUT2D eigenvalue weighted by Crippen LogP contribution is 2.19. The summed E-state index contributed by atoms with van der Waals surface area (Å²) in [5.41, 5.74) is 6.69. The van der Waals surface area contributed by atoms with E-state index in [1.165, 1.54) is 4.40 Å². The number of likely N-dealkylation sites (tertiary alicyclic amines) is 1. The molecule has 2 aromatic heterocycles. The highest BCUT2D eigenvalue weighted by molar-refractivity contribution is 5.94. The number of nitrogens with two attached hydrogens (primary N) is 1. The first kappa shape index (κ1) is 16.3. The normalized spacial score (nSPS) is 15.5. The lowest BCUT2D eigenvalue weighted by Crippen LogP contribution is -2.41. The van der Waals surface area contributed by atoms with Crippen molar-refractivity contribution in [2.45, 2.75) is 12.8 Å². The van der Waals surface area contributed by atoms with E-state index in [0.717, 1.165) is 0 Å². The lowest BCUT2D eigenvalue weighted by atomic mass is 9.96. The Hall–Kier alpha value is -3.22.